The van der Waals surface area contributed by atoms with Crippen LogP contribution in [-0.2, 0) is 14.9 Å². The highest BCUT2D eigenvalue weighted by atomic mass is 32.2. The molecule has 0 rings (SSSR count). The van der Waals surface area contributed by atoms with Crippen molar-refractivity contribution in [2.24, 2.45) is 0 Å². The summed E-state index contributed by atoms with van der Waals surface area (Å²) in [7, 11) is -2.98. The number of rotatable bonds is 3. The van der Waals surface area contributed by atoms with Gasteiger partial charge in [-0.3, -0.25) is 0 Å². The van der Waals surface area contributed by atoms with Gasteiger partial charge in [0, 0.05) is 5.75 Å². The van der Waals surface area contributed by atoms with E-state index in [1.54, 1.807) is 0 Å². The van der Waals surface area contributed by atoms with E-state index >= 15 is 0 Å². The molecule has 49 valence electrons. The molecule has 0 bridgehead atoms. The summed E-state index contributed by atoms with van der Waals surface area (Å²) in [5.41, 5.74) is 0. The zero-order valence-corrected chi connectivity index (χ0v) is 5.57. The van der Waals surface area contributed by atoms with Gasteiger partial charge in [-0.25, -0.2) is 13.5 Å². The molecule has 0 N–H and O–H groups in total. The predicted octanol–water partition coefficient (Wildman–Crippen LogP) is -0.148. The molecule has 0 spiro atoms. The minimum atomic E-state index is -2.98. The van der Waals surface area contributed by atoms with Crippen LogP contribution >= 0.6 is 0 Å². The number of hydrogen-bond donors (Lipinski definition) is 0. The van der Waals surface area contributed by atoms with Gasteiger partial charge in [-0.05, 0) is 0 Å². The summed E-state index contributed by atoms with van der Waals surface area (Å²) in [4.78, 5) is 0. The maximum atomic E-state index is 10.4. The molecule has 4 heteroatoms. The van der Waals surface area contributed by atoms with Gasteiger partial charge in [0.1, 0.15) is 0 Å². The Balaban J connectivity index is 3.76. The summed E-state index contributed by atoms with van der Waals surface area (Å²) in [6.45, 7) is 1.02. The highest BCUT2D eigenvalue weighted by Gasteiger charge is 2.04. The molecule has 0 saturated heterocycles. The van der Waals surface area contributed by atoms with Crippen molar-refractivity contribution in [3.05, 3.63) is 0 Å². The first-order valence-electron chi connectivity index (χ1n) is 2.41. The third-order valence-corrected chi connectivity index (χ3v) is 2.50. The standard InChI is InChI=1S/C4H9O3S/c1-2-8(6,7)4-3-5/h2-4H2,1H3. The normalized spacial score (nSPS) is 11.8. The molecule has 0 aromatic heterocycles. The maximum Gasteiger partial charge on any atom is 0.152 e. The fourth-order valence-electron chi connectivity index (χ4n) is 0.271. The molecule has 0 saturated carbocycles. The molecular formula is C4H9O3S. The fraction of sp³-hybridized carbons (Fsp3) is 1.00. The van der Waals surface area contributed by atoms with Crippen LogP contribution in [0.25, 0.3) is 0 Å². The molecule has 0 heterocycles. The molecule has 0 atom stereocenters. The van der Waals surface area contributed by atoms with Gasteiger partial charge < -0.3 is 0 Å². The van der Waals surface area contributed by atoms with E-state index in [4.69, 9.17) is 0 Å². The van der Waals surface area contributed by atoms with Crippen LogP contribution < -0.4 is 0 Å². The van der Waals surface area contributed by atoms with E-state index in [-0.39, 0.29) is 11.5 Å². The van der Waals surface area contributed by atoms with Gasteiger partial charge in [-0.2, -0.15) is 0 Å². The van der Waals surface area contributed by atoms with Crippen molar-refractivity contribution in [2.75, 3.05) is 18.1 Å². The van der Waals surface area contributed by atoms with Crippen LogP contribution in [0.5, 0.6) is 0 Å². The molecular weight excluding hydrogens is 128 g/mol. The van der Waals surface area contributed by atoms with Crippen LogP contribution in [0, 0.1) is 0 Å². The Morgan fingerprint density at radius 2 is 1.88 bits per heavy atom. The van der Waals surface area contributed by atoms with Gasteiger partial charge in [0.15, 0.2) is 9.84 Å². The average molecular weight is 137 g/mol. The van der Waals surface area contributed by atoms with Gasteiger partial charge >= 0.3 is 0 Å². The lowest BCUT2D eigenvalue weighted by Crippen LogP contribution is -2.10. The van der Waals surface area contributed by atoms with E-state index in [9.17, 15) is 13.5 Å². The molecule has 1 radical (unpaired) electrons. The average Bonchev–Trinajstić information content (AvgIpc) is 1.67. The van der Waals surface area contributed by atoms with Gasteiger partial charge in [0.25, 0.3) is 0 Å². The quantitative estimate of drug-likeness (QED) is 0.543. The molecule has 0 aliphatic rings. The molecule has 0 fully saturated rings. The fourth-order valence-corrected chi connectivity index (χ4v) is 0.814. The smallest absolute Gasteiger partial charge is 0.152 e. The molecule has 0 aliphatic heterocycles. The highest BCUT2D eigenvalue weighted by Crippen LogP contribution is 1.85. The van der Waals surface area contributed by atoms with Crippen LogP contribution in [0.2, 0.25) is 0 Å². The third-order valence-electron chi connectivity index (χ3n) is 0.834. The Hall–Kier alpha value is -0.0900. The summed E-state index contributed by atoms with van der Waals surface area (Å²) < 4.78 is 20.8. The first-order chi connectivity index (χ1) is 3.62. The van der Waals surface area contributed by atoms with Crippen LogP contribution in [-0.4, -0.2) is 26.5 Å². The van der Waals surface area contributed by atoms with Crippen molar-refractivity contribution in [2.45, 2.75) is 6.92 Å². The van der Waals surface area contributed by atoms with Crippen molar-refractivity contribution in [1.29, 1.82) is 0 Å². The Morgan fingerprint density at radius 3 is 2.00 bits per heavy atom. The molecule has 0 unspecified atom stereocenters. The van der Waals surface area contributed by atoms with Crippen LogP contribution in [0.1, 0.15) is 6.92 Å². The lowest BCUT2D eigenvalue weighted by molar-refractivity contribution is 0.213. The van der Waals surface area contributed by atoms with E-state index in [1.807, 2.05) is 0 Å². The molecule has 0 aromatic rings. The van der Waals surface area contributed by atoms with Crippen LogP contribution in [0.15, 0.2) is 0 Å². The zero-order chi connectivity index (χ0) is 6.62. The Bertz CT molecular complexity index is 135. The summed E-state index contributed by atoms with van der Waals surface area (Å²) in [6.07, 6.45) is 0. The monoisotopic (exact) mass is 137 g/mol. The summed E-state index contributed by atoms with van der Waals surface area (Å²) in [5.74, 6) is -0.140. The first-order valence-corrected chi connectivity index (χ1v) is 4.23. The molecule has 8 heavy (non-hydrogen) atoms. The summed E-state index contributed by atoms with van der Waals surface area (Å²) in [6, 6.07) is 0. The minimum Gasteiger partial charge on any atom is -0.236 e. The van der Waals surface area contributed by atoms with Gasteiger partial charge in [-0.15, -0.1) is 0 Å². The lowest BCUT2D eigenvalue weighted by Gasteiger charge is -1.92. The Morgan fingerprint density at radius 1 is 1.38 bits per heavy atom. The Labute approximate surface area is 49.3 Å². The van der Waals surface area contributed by atoms with E-state index in [1.165, 1.54) is 6.92 Å². The third kappa shape index (κ3) is 2.98. The van der Waals surface area contributed by atoms with Gasteiger partial charge in [0.2, 0.25) is 0 Å². The van der Waals surface area contributed by atoms with Gasteiger partial charge in [-0.1, -0.05) is 6.92 Å². The van der Waals surface area contributed by atoms with E-state index in [0.717, 1.165) is 0 Å². The molecule has 0 aliphatic carbocycles. The Kier molecular flexibility index (Phi) is 3.01. The van der Waals surface area contributed by atoms with E-state index < -0.39 is 16.4 Å². The van der Waals surface area contributed by atoms with Crippen molar-refractivity contribution >= 4 is 9.84 Å². The van der Waals surface area contributed by atoms with Crippen molar-refractivity contribution in [3.63, 3.8) is 0 Å². The SMILES string of the molecule is CCS(=O)(=O)CC[O]. The van der Waals surface area contributed by atoms with E-state index in [2.05, 4.69) is 0 Å². The first kappa shape index (κ1) is 7.91. The van der Waals surface area contributed by atoms with Crippen molar-refractivity contribution < 1.29 is 13.5 Å². The highest BCUT2D eigenvalue weighted by molar-refractivity contribution is 7.91. The second-order valence-corrected chi connectivity index (χ2v) is 3.91. The molecule has 3 nitrogen and oxygen atoms in total. The van der Waals surface area contributed by atoms with Crippen LogP contribution in [0.3, 0.4) is 0 Å². The van der Waals surface area contributed by atoms with Crippen molar-refractivity contribution in [3.8, 4) is 0 Å². The van der Waals surface area contributed by atoms with E-state index in [0.29, 0.717) is 0 Å². The molecule has 0 aromatic carbocycles. The summed E-state index contributed by atoms with van der Waals surface area (Å²) >= 11 is 0. The number of hydrogen-bond acceptors (Lipinski definition) is 2. The minimum absolute atomic E-state index is 0.0786. The summed E-state index contributed by atoms with van der Waals surface area (Å²) in [5, 5.41) is 9.73. The predicted molar refractivity (Wildman–Crippen MR) is 29.9 cm³/mol. The molecule has 0 amide bonds. The second-order valence-electron chi connectivity index (χ2n) is 1.44. The lowest BCUT2D eigenvalue weighted by atomic mass is 10.9. The van der Waals surface area contributed by atoms with Gasteiger partial charge in [0.05, 0.1) is 12.4 Å². The zero-order valence-electron chi connectivity index (χ0n) is 4.75. The maximum absolute atomic E-state index is 10.4. The van der Waals surface area contributed by atoms with Crippen LogP contribution in [0.4, 0.5) is 0 Å². The largest absolute Gasteiger partial charge is 0.236 e. The topological polar surface area (TPSA) is 54.0 Å². The number of sulfone groups is 1. The second kappa shape index (κ2) is 3.04. The van der Waals surface area contributed by atoms with Crippen molar-refractivity contribution in [1.82, 2.24) is 0 Å².